The molecule has 0 unspecified atom stereocenters. The molecule has 0 aliphatic carbocycles. The molecule has 1 saturated heterocycles. The molecule has 1 aromatic carbocycles. The van der Waals surface area contributed by atoms with Gasteiger partial charge in [-0.15, -0.1) is 10.2 Å². The minimum Gasteiger partial charge on any atom is -0.353 e. The number of nitrogens with zero attached hydrogens (tertiary/aromatic N) is 6. The molecule has 150 valence electrons. The number of carbonyl (C=O) groups excluding carboxylic acids is 2. The van der Waals surface area contributed by atoms with Crippen molar-refractivity contribution in [3.63, 3.8) is 0 Å². The number of aromatic nitrogens is 4. The van der Waals surface area contributed by atoms with Crippen LogP contribution in [-0.4, -0.2) is 62.5 Å². The maximum absolute atomic E-state index is 12.9. The molecule has 0 radical (unpaired) electrons. The number of aryl methyl sites for hydroxylation is 2. The van der Waals surface area contributed by atoms with Gasteiger partial charge in [0, 0.05) is 56.1 Å². The molecule has 9 nitrogen and oxygen atoms in total. The molecule has 0 bridgehead atoms. The second kappa shape index (κ2) is 7.50. The Balaban J connectivity index is 1.45. The summed E-state index contributed by atoms with van der Waals surface area (Å²) in [6.07, 6.45) is 0. The van der Waals surface area contributed by atoms with Gasteiger partial charge in [-0.2, -0.15) is 4.98 Å². The van der Waals surface area contributed by atoms with Crippen LogP contribution in [0.5, 0.6) is 0 Å². The minimum atomic E-state index is -0.161. The zero-order chi connectivity index (χ0) is 20.5. The molecule has 4 rings (SSSR count). The topological polar surface area (TPSA) is 95.7 Å². The SMILES string of the molecule is CC(=O)Nc1cccc(C(=O)N2CCN(c3cc(C)n4c(C)nnc4n3)CC2)c1. The summed E-state index contributed by atoms with van der Waals surface area (Å²) in [4.78, 5) is 32.7. The predicted octanol–water partition coefficient (Wildman–Crippen LogP) is 1.66. The fraction of sp³-hybridized carbons (Fsp3) is 0.350. The highest BCUT2D eigenvalue weighted by atomic mass is 16.2. The lowest BCUT2D eigenvalue weighted by molar-refractivity contribution is -0.114. The summed E-state index contributed by atoms with van der Waals surface area (Å²) < 4.78 is 1.92. The van der Waals surface area contributed by atoms with Crippen LogP contribution >= 0.6 is 0 Å². The molecule has 2 amide bonds. The van der Waals surface area contributed by atoms with Gasteiger partial charge in [0.05, 0.1) is 0 Å². The molecule has 0 spiro atoms. The van der Waals surface area contributed by atoms with Gasteiger partial charge in [0.25, 0.3) is 11.7 Å². The molecule has 2 aromatic heterocycles. The molecule has 3 aromatic rings. The Morgan fingerprint density at radius 3 is 2.52 bits per heavy atom. The molecular formula is C20H23N7O2. The molecule has 1 N–H and O–H groups in total. The number of hydrogen-bond donors (Lipinski definition) is 1. The van der Waals surface area contributed by atoms with E-state index in [1.807, 2.05) is 29.2 Å². The van der Waals surface area contributed by atoms with Gasteiger partial charge < -0.3 is 15.1 Å². The first-order valence-corrected chi connectivity index (χ1v) is 9.53. The van der Waals surface area contributed by atoms with Crippen LogP contribution in [-0.2, 0) is 4.79 Å². The van der Waals surface area contributed by atoms with Gasteiger partial charge in [-0.3, -0.25) is 14.0 Å². The van der Waals surface area contributed by atoms with Gasteiger partial charge in [0.15, 0.2) is 0 Å². The number of rotatable bonds is 3. The minimum absolute atomic E-state index is 0.0375. The van der Waals surface area contributed by atoms with Crippen LogP contribution < -0.4 is 10.2 Å². The van der Waals surface area contributed by atoms with Crippen molar-refractivity contribution < 1.29 is 9.59 Å². The summed E-state index contributed by atoms with van der Waals surface area (Å²) in [5.41, 5.74) is 2.22. The van der Waals surface area contributed by atoms with E-state index in [-0.39, 0.29) is 11.8 Å². The number of carbonyl (C=O) groups is 2. The van der Waals surface area contributed by atoms with Crippen LogP contribution in [0, 0.1) is 13.8 Å². The smallest absolute Gasteiger partial charge is 0.257 e. The van der Waals surface area contributed by atoms with Crippen molar-refractivity contribution in [1.82, 2.24) is 24.5 Å². The number of benzene rings is 1. The van der Waals surface area contributed by atoms with Gasteiger partial charge >= 0.3 is 0 Å². The number of piperazine rings is 1. The number of fused-ring (bicyclic) bond motifs is 1. The fourth-order valence-corrected chi connectivity index (χ4v) is 3.64. The van der Waals surface area contributed by atoms with Crippen molar-refractivity contribution in [3.8, 4) is 0 Å². The lowest BCUT2D eigenvalue weighted by Gasteiger charge is -2.35. The maximum atomic E-state index is 12.9. The highest BCUT2D eigenvalue weighted by molar-refractivity contribution is 5.97. The number of anilines is 2. The molecule has 9 heteroatoms. The van der Waals surface area contributed by atoms with Crippen LogP contribution in [0.25, 0.3) is 5.78 Å². The van der Waals surface area contributed by atoms with E-state index in [1.54, 1.807) is 24.3 Å². The third-order valence-corrected chi connectivity index (χ3v) is 5.03. The standard InChI is InChI=1S/C20H23N7O2/c1-13-11-18(22-20-24-23-14(2)27(13)20)25-7-9-26(10-8-25)19(29)16-5-4-6-17(12-16)21-15(3)28/h4-6,11-12H,7-10H2,1-3H3,(H,21,28). The number of amides is 2. The lowest BCUT2D eigenvalue weighted by Crippen LogP contribution is -2.49. The summed E-state index contributed by atoms with van der Waals surface area (Å²) in [7, 11) is 0. The molecule has 1 aliphatic heterocycles. The molecule has 3 heterocycles. The molecule has 0 saturated carbocycles. The van der Waals surface area contributed by atoms with Gasteiger partial charge in [-0.25, -0.2) is 0 Å². The van der Waals surface area contributed by atoms with Crippen LogP contribution in [0.1, 0.15) is 28.8 Å². The summed E-state index contributed by atoms with van der Waals surface area (Å²) in [5.74, 6) is 2.05. The molecule has 1 fully saturated rings. The monoisotopic (exact) mass is 393 g/mol. The van der Waals surface area contributed by atoms with Gasteiger partial charge in [-0.1, -0.05) is 6.07 Å². The Labute approximate surface area is 168 Å². The Morgan fingerprint density at radius 1 is 1.03 bits per heavy atom. The summed E-state index contributed by atoms with van der Waals surface area (Å²) in [6.45, 7) is 7.93. The largest absolute Gasteiger partial charge is 0.353 e. The summed E-state index contributed by atoms with van der Waals surface area (Å²) >= 11 is 0. The Hall–Kier alpha value is -3.49. The average molecular weight is 393 g/mol. The van der Waals surface area contributed by atoms with Crippen LogP contribution in [0.3, 0.4) is 0 Å². The fourth-order valence-electron chi connectivity index (χ4n) is 3.64. The van der Waals surface area contributed by atoms with E-state index in [0.29, 0.717) is 43.2 Å². The van der Waals surface area contributed by atoms with E-state index >= 15 is 0 Å². The quantitative estimate of drug-likeness (QED) is 0.727. The zero-order valence-corrected chi connectivity index (χ0v) is 16.7. The van der Waals surface area contributed by atoms with Crippen molar-refractivity contribution >= 4 is 29.1 Å². The lowest BCUT2D eigenvalue weighted by atomic mass is 10.1. The normalized spacial score (nSPS) is 14.3. The number of nitrogens with one attached hydrogen (secondary N) is 1. The summed E-state index contributed by atoms with van der Waals surface area (Å²) in [5, 5.41) is 10.9. The first-order valence-electron chi connectivity index (χ1n) is 9.53. The van der Waals surface area contributed by atoms with Crippen molar-refractivity contribution in [2.24, 2.45) is 0 Å². The van der Waals surface area contributed by atoms with E-state index in [4.69, 9.17) is 0 Å². The van der Waals surface area contributed by atoms with E-state index in [2.05, 4.69) is 25.4 Å². The van der Waals surface area contributed by atoms with Crippen molar-refractivity contribution in [2.45, 2.75) is 20.8 Å². The van der Waals surface area contributed by atoms with Crippen LogP contribution in [0.15, 0.2) is 30.3 Å². The Kier molecular flexibility index (Phi) is 4.87. The van der Waals surface area contributed by atoms with Gasteiger partial charge in [0.1, 0.15) is 11.6 Å². The maximum Gasteiger partial charge on any atom is 0.257 e. The highest BCUT2D eigenvalue weighted by Crippen LogP contribution is 2.19. The first kappa shape index (κ1) is 18.9. The first-order chi connectivity index (χ1) is 13.9. The second-order valence-electron chi connectivity index (χ2n) is 7.18. The molecule has 0 atom stereocenters. The Bertz CT molecular complexity index is 1080. The van der Waals surface area contributed by atoms with Gasteiger partial charge in [0.2, 0.25) is 5.91 Å². The zero-order valence-electron chi connectivity index (χ0n) is 16.7. The molecular weight excluding hydrogens is 370 g/mol. The Morgan fingerprint density at radius 2 is 1.79 bits per heavy atom. The number of hydrogen-bond acceptors (Lipinski definition) is 6. The third kappa shape index (κ3) is 3.75. The van der Waals surface area contributed by atoms with E-state index in [0.717, 1.165) is 17.3 Å². The highest BCUT2D eigenvalue weighted by Gasteiger charge is 2.24. The van der Waals surface area contributed by atoms with E-state index in [9.17, 15) is 9.59 Å². The van der Waals surface area contributed by atoms with Crippen molar-refractivity contribution in [2.75, 3.05) is 36.4 Å². The molecule has 1 aliphatic rings. The van der Waals surface area contributed by atoms with Crippen LogP contribution in [0.4, 0.5) is 11.5 Å². The van der Waals surface area contributed by atoms with Gasteiger partial charge in [-0.05, 0) is 32.0 Å². The summed E-state index contributed by atoms with van der Waals surface area (Å²) in [6, 6.07) is 9.05. The average Bonchev–Trinajstić information content (AvgIpc) is 3.08. The van der Waals surface area contributed by atoms with E-state index < -0.39 is 0 Å². The van der Waals surface area contributed by atoms with Crippen LogP contribution in [0.2, 0.25) is 0 Å². The third-order valence-electron chi connectivity index (χ3n) is 5.03. The van der Waals surface area contributed by atoms with Crippen molar-refractivity contribution in [1.29, 1.82) is 0 Å². The van der Waals surface area contributed by atoms with Crippen molar-refractivity contribution in [3.05, 3.63) is 47.4 Å². The predicted molar refractivity (Wildman–Crippen MR) is 109 cm³/mol. The molecule has 29 heavy (non-hydrogen) atoms. The van der Waals surface area contributed by atoms with E-state index in [1.165, 1.54) is 6.92 Å². The second-order valence-corrected chi connectivity index (χ2v) is 7.18.